The van der Waals surface area contributed by atoms with E-state index in [4.69, 9.17) is 10.5 Å². The summed E-state index contributed by atoms with van der Waals surface area (Å²) in [6.07, 6.45) is 1.63. The fraction of sp³-hybridized carbons (Fsp3) is 0.0556. The van der Waals surface area contributed by atoms with Crippen molar-refractivity contribution in [1.82, 2.24) is 4.98 Å². The van der Waals surface area contributed by atoms with Crippen molar-refractivity contribution < 1.29 is 9.13 Å². The second-order valence-electron chi connectivity index (χ2n) is 4.83. The summed E-state index contributed by atoms with van der Waals surface area (Å²) in [5.74, 6) is 0.409. The molecule has 2 N–H and O–H groups in total. The van der Waals surface area contributed by atoms with Crippen molar-refractivity contribution in [2.75, 3.05) is 12.8 Å². The maximum Gasteiger partial charge on any atom is 0.131 e. The van der Waals surface area contributed by atoms with E-state index >= 15 is 0 Å². The molecule has 0 unspecified atom stereocenters. The van der Waals surface area contributed by atoms with Gasteiger partial charge in [-0.2, -0.15) is 0 Å². The van der Waals surface area contributed by atoms with Crippen LogP contribution in [0.1, 0.15) is 0 Å². The average molecular weight is 294 g/mol. The van der Waals surface area contributed by atoms with Crippen LogP contribution in [0.25, 0.3) is 22.4 Å². The van der Waals surface area contributed by atoms with Crippen LogP contribution in [0.3, 0.4) is 0 Å². The maximum absolute atomic E-state index is 14.0. The van der Waals surface area contributed by atoms with Crippen LogP contribution in [0.2, 0.25) is 0 Å². The number of aromatic nitrogens is 1. The Morgan fingerprint density at radius 2 is 1.82 bits per heavy atom. The third-order valence-electron chi connectivity index (χ3n) is 3.50. The summed E-state index contributed by atoms with van der Waals surface area (Å²) >= 11 is 0. The number of nitrogen functional groups attached to an aromatic ring is 1. The SMILES string of the molecule is COc1cccc(-c2nccc(-c3ccccc3F)c2N)c1. The first-order valence-electron chi connectivity index (χ1n) is 6.84. The van der Waals surface area contributed by atoms with Crippen molar-refractivity contribution in [3.05, 3.63) is 66.6 Å². The van der Waals surface area contributed by atoms with Crippen LogP contribution in [0.15, 0.2) is 60.8 Å². The lowest BCUT2D eigenvalue weighted by Crippen LogP contribution is -1.98. The molecule has 0 aliphatic heterocycles. The molecule has 0 aliphatic carbocycles. The van der Waals surface area contributed by atoms with E-state index in [1.54, 1.807) is 37.6 Å². The first-order valence-corrected chi connectivity index (χ1v) is 6.84. The van der Waals surface area contributed by atoms with Gasteiger partial charge in [0, 0.05) is 22.9 Å². The first-order chi connectivity index (χ1) is 10.7. The number of benzene rings is 2. The van der Waals surface area contributed by atoms with Crippen molar-refractivity contribution in [3.63, 3.8) is 0 Å². The largest absolute Gasteiger partial charge is 0.497 e. The predicted molar refractivity (Wildman–Crippen MR) is 86.0 cm³/mol. The van der Waals surface area contributed by atoms with Gasteiger partial charge in [0.15, 0.2) is 0 Å². The van der Waals surface area contributed by atoms with Gasteiger partial charge in [0.25, 0.3) is 0 Å². The van der Waals surface area contributed by atoms with Gasteiger partial charge >= 0.3 is 0 Å². The highest BCUT2D eigenvalue weighted by Gasteiger charge is 2.13. The molecule has 4 heteroatoms. The Bertz CT molecular complexity index is 818. The third-order valence-corrected chi connectivity index (χ3v) is 3.50. The molecule has 3 rings (SSSR count). The van der Waals surface area contributed by atoms with Gasteiger partial charge in [0.05, 0.1) is 18.5 Å². The summed E-state index contributed by atoms with van der Waals surface area (Å²) in [6.45, 7) is 0. The van der Waals surface area contributed by atoms with E-state index in [1.807, 2.05) is 24.3 Å². The summed E-state index contributed by atoms with van der Waals surface area (Å²) < 4.78 is 19.2. The molecule has 0 radical (unpaired) electrons. The quantitative estimate of drug-likeness (QED) is 0.789. The highest BCUT2D eigenvalue weighted by atomic mass is 19.1. The van der Waals surface area contributed by atoms with E-state index in [0.717, 1.165) is 11.3 Å². The van der Waals surface area contributed by atoms with Crippen LogP contribution < -0.4 is 10.5 Å². The lowest BCUT2D eigenvalue weighted by Gasteiger charge is -2.12. The molecule has 1 heterocycles. The smallest absolute Gasteiger partial charge is 0.131 e. The molecule has 22 heavy (non-hydrogen) atoms. The third kappa shape index (κ3) is 2.51. The van der Waals surface area contributed by atoms with Crippen molar-refractivity contribution in [3.8, 4) is 28.1 Å². The Kier molecular flexibility index (Phi) is 3.74. The number of halogens is 1. The number of hydrogen-bond acceptors (Lipinski definition) is 3. The Morgan fingerprint density at radius 1 is 1.00 bits per heavy atom. The monoisotopic (exact) mass is 294 g/mol. The zero-order chi connectivity index (χ0) is 15.5. The van der Waals surface area contributed by atoms with Gasteiger partial charge in [-0.3, -0.25) is 4.98 Å². The predicted octanol–water partition coefficient (Wildman–Crippen LogP) is 4.15. The molecule has 3 aromatic rings. The molecule has 2 aromatic carbocycles. The second kappa shape index (κ2) is 5.85. The molecule has 0 fully saturated rings. The van der Waals surface area contributed by atoms with Gasteiger partial charge < -0.3 is 10.5 Å². The minimum atomic E-state index is -0.308. The van der Waals surface area contributed by atoms with E-state index in [1.165, 1.54) is 6.07 Å². The Balaban J connectivity index is 2.15. The van der Waals surface area contributed by atoms with Gasteiger partial charge in [0.2, 0.25) is 0 Å². The first kappa shape index (κ1) is 14.1. The molecule has 3 nitrogen and oxygen atoms in total. The van der Waals surface area contributed by atoms with Crippen LogP contribution in [0.5, 0.6) is 5.75 Å². The second-order valence-corrected chi connectivity index (χ2v) is 4.83. The van der Waals surface area contributed by atoms with Crippen molar-refractivity contribution in [2.24, 2.45) is 0 Å². The van der Waals surface area contributed by atoms with Crippen LogP contribution in [0, 0.1) is 5.82 Å². The van der Waals surface area contributed by atoms with Crippen molar-refractivity contribution in [2.45, 2.75) is 0 Å². The normalized spacial score (nSPS) is 10.5. The van der Waals surface area contributed by atoms with Gasteiger partial charge in [-0.05, 0) is 24.3 Å². The number of methoxy groups -OCH3 is 1. The Labute approximate surface area is 128 Å². The number of nitrogens with two attached hydrogens (primary N) is 1. The molecule has 0 amide bonds. The van der Waals surface area contributed by atoms with Crippen molar-refractivity contribution in [1.29, 1.82) is 0 Å². The van der Waals surface area contributed by atoms with E-state index in [9.17, 15) is 4.39 Å². The van der Waals surface area contributed by atoms with Crippen molar-refractivity contribution >= 4 is 5.69 Å². The number of hydrogen-bond donors (Lipinski definition) is 1. The van der Waals surface area contributed by atoms with Gasteiger partial charge in [0.1, 0.15) is 11.6 Å². The average Bonchev–Trinajstić information content (AvgIpc) is 2.56. The summed E-state index contributed by atoms with van der Waals surface area (Å²) in [4.78, 5) is 4.34. The van der Waals surface area contributed by atoms with E-state index < -0.39 is 0 Å². The van der Waals surface area contributed by atoms with E-state index in [2.05, 4.69) is 4.98 Å². The fourth-order valence-electron chi connectivity index (χ4n) is 2.39. The van der Waals surface area contributed by atoms with Crippen LogP contribution in [0.4, 0.5) is 10.1 Å². The molecule has 0 aliphatic rings. The fourth-order valence-corrected chi connectivity index (χ4v) is 2.39. The molecule has 0 spiro atoms. The zero-order valence-electron chi connectivity index (χ0n) is 12.1. The standard InChI is InChI=1S/C18H15FN2O/c1-22-13-6-4-5-12(11-13)18-17(20)15(9-10-21-18)14-7-2-3-8-16(14)19/h2-11H,20H2,1H3. The van der Waals surface area contributed by atoms with Gasteiger partial charge in [-0.15, -0.1) is 0 Å². The molecular weight excluding hydrogens is 279 g/mol. The molecule has 0 bridgehead atoms. The van der Waals surface area contributed by atoms with Crippen LogP contribution in [-0.4, -0.2) is 12.1 Å². The lowest BCUT2D eigenvalue weighted by atomic mass is 10.0. The summed E-state index contributed by atoms with van der Waals surface area (Å²) in [5, 5.41) is 0. The minimum Gasteiger partial charge on any atom is -0.497 e. The highest BCUT2D eigenvalue weighted by Crippen LogP contribution is 2.34. The maximum atomic E-state index is 14.0. The number of pyridine rings is 1. The molecule has 0 atom stereocenters. The van der Waals surface area contributed by atoms with Crippen LogP contribution in [-0.2, 0) is 0 Å². The number of nitrogens with zero attached hydrogens (tertiary/aromatic N) is 1. The molecule has 110 valence electrons. The molecule has 0 saturated carbocycles. The van der Waals surface area contributed by atoms with E-state index in [-0.39, 0.29) is 5.82 Å². The summed E-state index contributed by atoms with van der Waals surface area (Å²) in [7, 11) is 1.60. The number of anilines is 1. The summed E-state index contributed by atoms with van der Waals surface area (Å²) in [5.41, 5.74) is 9.22. The molecule has 1 aromatic heterocycles. The van der Waals surface area contributed by atoms with Crippen LogP contribution >= 0.6 is 0 Å². The minimum absolute atomic E-state index is 0.308. The van der Waals surface area contributed by atoms with Gasteiger partial charge in [-0.25, -0.2) is 4.39 Å². The summed E-state index contributed by atoms with van der Waals surface area (Å²) in [6, 6.07) is 15.7. The lowest BCUT2D eigenvalue weighted by molar-refractivity contribution is 0.415. The number of rotatable bonds is 3. The molecular formula is C18H15FN2O. The molecule has 0 saturated heterocycles. The topological polar surface area (TPSA) is 48.1 Å². The van der Waals surface area contributed by atoms with E-state index in [0.29, 0.717) is 22.5 Å². The number of ether oxygens (including phenoxy) is 1. The Hall–Kier alpha value is -2.88. The van der Waals surface area contributed by atoms with Gasteiger partial charge in [-0.1, -0.05) is 30.3 Å². The highest BCUT2D eigenvalue weighted by molar-refractivity contribution is 5.86. The zero-order valence-corrected chi connectivity index (χ0v) is 12.1. The Morgan fingerprint density at radius 3 is 2.59 bits per heavy atom.